The van der Waals surface area contributed by atoms with Gasteiger partial charge in [-0.15, -0.1) is 0 Å². The van der Waals surface area contributed by atoms with Gasteiger partial charge in [0.1, 0.15) is 16.8 Å². The Bertz CT molecular complexity index is 979. The number of ether oxygens (including phenoxy) is 1. The summed E-state index contributed by atoms with van der Waals surface area (Å²) in [5.74, 6) is -1.54. The van der Waals surface area contributed by atoms with Gasteiger partial charge in [0.05, 0.1) is 5.39 Å². The lowest BCUT2D eigenvalue weighted by atomic mass is 10.1. The summed E-state index contributed by atoms with van der Waals surface area (Å²) in [5, 5.41) is 10.9. The van der Waals surface area contributed by atoms with E-state index in [0.717, 1.165) is 6.07 Å². The molecule has 0 saturated carbocycles. The van der Waals surface area contributed by atoms with E-state index in [1.807, 2.05) is 11.8 Å². The van der Waals surface area contributed by atoms with Crippen LogP contribution in [0.2, 0.25) is 0 Å². The van der Waals surface area contributed by atoms with Gasteiger partial charge in [-0.1, -0.05) is 6.92 Å². The number of nitrogens with zero attached hydrogens (tertiary/aromatic N) is 3. The number of aromatic carboxylic acids is 1. The van der Waals surface area contributed by atoms with E-state index >= 15 is 0 Å². The molecule has 138 valence electrons. The van der Waals surface area contributed by atoms with Crippen LogP contribution in [0.15, 0.2) is 17.1 Å². The summed E-state index contributed by atoms with van der Waals surface area (Å²) < 4.78 is 22.3. The zero-order valence-corrected chi connectivity index (χ0v) is 14.4. The van der Waals surface area contributed by atoms with Crippen LogP contribution < -0.4 is 25.8 Å². The van der Waals surface area contributed by atoms with Gasteiger partial charge < -0.3 is 20.5 Å². The summed E-state index contributed by atoms with van der Waals surface area (Å²) in [6.07, 6.45) is 1.25. The number of benzene rings is 1. The van der Waals surface area contributed by atoms with Crippen molar-refractivity contribution in [2.24, 2.45) is 11.7 Å². The first-order valence-corrected chi connectivity index (χ1v) is 8.29. The minimum atomic E-state index is -1.36. The molecule has 0 bridgehead atoms. The van der Waals surface area contributed by atoms with Gasteiger partial charge in [0.25, 0.3) is 0 Å². The monoisotopic (exact) mass is 362 g/mol. The molecule has 0 amide bonds. The van der Waals surface area contributed by atoms with Crippen molar-refractivity contribution in [3.63, 3.8) is 0 Å². The summed E-state index contributed by atoms with van der Waals surface area (Å²) in [4.78, 5) is 25.8. The molecular formula is C17H19FN4O4. The summed E-state index contributed by atoms with van der Waals surface area (Å²) in [7, 11) is 1.69. The Morgan fingerprint density at radius 2 is 2.15 bits per heavy atom. The van der Waals surface area contributed by atoms with Crippen LogP contribution in [-0.2, 0) is 0 Å². The summed E-state index contributed by atoms with van der Waals surface area (Å²) in [5.41, 5.74) is 5.54. The predicted octanol–water partition coefficient (Wildman–Crippen LogP) is 0.540. The fourth-order valence-corrected chi connectivity index (χ4v) is 3.65. The number of carboxylic acids is 1. The van der Waals surface area contributed by atoms with Crippen molar-refractivity contribution in [1.29, 1.82) is 0 Å². The Morgan fingerprint density at radius 1 is 1.42 bits per heavy atom. The van der Waals surface area contributed by atoms with E-state index in [1.54, 1.807) is 12.1 Å². The number of hydrogen-bond donors (Lipinski definition) is 2. The van der Waals surface area contributed by atoms with Crippen molar-refractivity contribution >= 4 is 22.6 Å². The lowest BCUT2D eigenvalue weighted by Crippen LogP contribution is -2.40. The van der Waals surface area contributed by atoms with Crippen molar-refractivity contribution in [3.05, 3.63) is 33.9 Å². The lowest BCUT2D eigenvalue weighted by Gasteiger charge is -2.33. The Labute approximate surface area is 148 Å². The van der Waals surface area contributed by atoms with Gasteiger partial charge in [0.15, 0.2) is 18.3 Å². The van der Waals surface area contributed by atoms with Crippen LogP contribution in [0.3, 0.4) is 0 Å². The summed E-state index contributed by atoms with van der Waals surface area (Å²) in [6.45, 7) is 3.15. The second kappa shape index (κ2) is 5.60. The zero-order chi connectivity index (χ0) is 18.7. The van der Waals surface area contributed by atoms with Crippen molar-refractivity contribution in [2.45, 2.75) is 13.0 Å². The smallest absolute Gasteiger partial charge is 0.341 e. The molecular weight excluding hydrogens is 343 g/mol. The number of carbonyl (C=O) groups is 1. The SMILES string of the molecule is C[C@H]1CN(c2c(F)cc3c(=O)c(C(=O)O)cn4c3c2OCN4C)C[C@@H]1N. The third kappa shape index (κ3) is 2.23. The molecule has 26 heavy (non-hydrogen) atoms. The van der Waals surface area contributed by atoms with Crippen LogP contribution in [-0.4, -0.2) is 48.7 Å². The fraction of sp³-hybridized carbons (Fsp3) is 0.412. The number of aromatic nitrogens is 1. The first-order chi connectivity index (χ1) is 12.3. The average molecular weight is 362 g/mol. The van der Waals surface area contributed by atoms with Crippen LogP contribution in [0.4, 0.5) is 10.1 Å². The third-order valence-electron chi connectivity index (χ3n) is 5.13. The number of nitrogens with two attached hydrogens (primary N) is 1. The molecule has 4 rings (SSSR count). The number of pyridine rings is 1. The number of carboxylic acid groups (broad SMARTS) is 1. The van der Waals surface area contributed by atoms with E-state index in [0.29, 0.717) is 18.6 Å². The number of hydrogen-bond acceptors (Lipinski definition) is 6. The second-order valence-electron chi connectivity index (χ2n) is 6.93. The Kier molecular flexibility index (Phi) is 3.58. The molecule has 1 saturated heterocycles. The zero-order valence-electron chi connectivity index (χ0n) is 14.4. The molecule has 3 N–H and O–H groups in total. The van der Waals surface area contributed by atoms with E-state index < -0.39 is 22.8 Å². The minimum absolute atomic E-state index is 0.0238. The van der Waals surface area contributed by atoms with Crippen LogP contribution in [0.25, 0.3) is 10.9 Å². The molecule has 1 aromatic heterocycles. The van der Waals surface area contributed by atoms with Gasteiger partial charge in [0.2, 0.25) is 5.43 Å². The molecule has 0 unspecified atom stereocenters. The molecule has 9 heteroatoms. The highest BCUT2D eigenvalue weighted by Crippen LogP contribution is 2.41. The van der Waals surface area contributed by atoms with Crippen molar-refractivity contribution in [3.8, 4) is 5.75 Å². The quantitative estimate of drug-likeness (QED) is 0.804. The Balaban J connectivity index is 2.04. The second-order valence-corrected chi connectivity index (χ2v) is 6.93. The standard InChI is InChI=1S/C17H19FN4O4/c1-8-4-21(6-12(8)19)14-11(18)3-9-13-16(14)26-7-20(2)22(13)5-10(15(9)23)17(24)25/h3,5,8,12H,4,6-7,19H2,1-2H3,(H,24,25)/t8-,12-/m0/s1. The van der Waals surface area contributed by atoms with E-state index in [1.165, 1.54) is 10.9 Å². The van der Waals surface area contributed by atoms with E-state index in [9.17, 15) is 19.1 Å². The number of anilines is 1. The third-order valence-corrected chi connectivity index (χ3v) is 5.13. The first-order valence-electron chi connectivity index (χ1n) is 8.29. The van der Waals surface area contributed by atoms with Crippen LogP contribution in [0.1, 0.15) is 17.3 Å². The highest BCUT2D eigenvalue weighted by Gasteiger charge is 2.34. The Hall–Kier alpha value is -2.81. The van der Waals surface area contributed by atoms with Crippen LogP contribution in [0, 0.1) is 11.7 Å². The molecule has 0 radical (unpaired) electrons. The summed E-state index contributed by atoms with van der Waals surface area (Å²) in [6, 6.07) is 1.01. The number of halogens is 1. The molecule has 2 atom stereocenters. The van der Waals surface area contributed by atoms with Gasteiger partial charge in [-0.25, -0.2) is 9.18 Å². The highest BCUT2D eigenvalue weighted by atomic mass is 19.1. The fourth-order valence-electron chi connectivity index (χ4n) is 3.65. The maximum Gasteiger partial charge on any atom is 0.341 e. The van der Waals surface area contributed by atoms with E-state index in [4.69, 9.17) is 10.5 Å². The number of rotatable bonds is 2. The molecule has 2 aliphatic heterocycles. The highest BCUT2D eigenvalue weighted by molar-refractivity contribution is 5.97. The van der Waals surface area contributed by atoms with Gasteiger partial charge in [0, 0.05) is 32.4 Å². The Morgan fingerprint density at radius 3 is 2.77 bits per heavy atom. The molecule has 0 aliphatic carbocycles. The molecule has 1 aromatic carbocycles. The molecule has 8 nitrogen and oxygen atoms in total. The minimum Gasteiger partial charge on any atom is -0.477 e. The summed E-state index contributed by atoms with van der Waals surface area (Å²) >= 11 is 0. The van der Waals surface area contributed by atoms with Gasteiger partial charge in [-0.3, -0.25) is 14.5 Å². The molecule has 2 aliphatic rings. The van der Waals surface area contributed by atoms with Gasteiger partial charge in [-0.2, -0.15) is 0 Å². The van der Waals surface area contributed by atoms with Crippen molar-refractivity contribution < 1.29 is 19.0 Å². The molecule has 3 heterocycles. The lowest BCUT2D eigenvalue weighted by molar-refractivity contribution is 0.0694. The topological polar surface area (TPSA) is 101 Å². The average Bonchev–Trinajstić information content (AvgIpc) is 2.90. The van der Waals surface area contributed by atoms with Crippen molar-refractivity contribution in [2.75, 3.05) is 36.8 Å². The van der Waals surface area contributed by atoms with Gasteiger partial charge >= 0.3 is 5.97 Å². The van der Waals surface area contributed by atoms with Gasteiger partial charge in [-0.05, 0) is 12.0 Å². The predicted molar refractivity (Wildman–Crippen MR) is 94.1 cm³/mol. The van der Waals surface area contributed by atoms with Crippen LogP contribution >= 0.6 is 0 Å². The van der Waals surface area contributed by atoms with Crippen LogP contribution in [0.5, 0.6) is 5.75 Å². The normalized spacial score (nSPS) is 22.0. The van der Waals surface area contributed by atoms with E-state index in [2.05, 4.69) is 0 Å². The maximum absolute atomic E-state index is 15.0. The molecule has 1 fully saturated rings. The molecule has 0 spiro atoms. The largest absolute Gasteiger partial charge is 0.477 e. The molecule has 2 aromatic rings. The van der Waals surface area contributed by atoms with E-state index in [-0.39, 0.29) is 35.5 Å². The van der Waals surface area contributed by atoms with Crippen molar-refractivity contribution in [1.82, 2.24) is 4.68 Å². The maximum atomic E-state index is 15.0. The first kappa shape index (κ1) is 16.6.